The highest BCUT2D eigenvalue weighted by atomic mass is 16.5. The minimum Gasteiger partial charge on any atom is -0.493 e. The van der Waals surface area contributed by atoms with E-state index in [4.69, 9.17) is 18.9 Å². The number of aliphatic hydroxyl groups excluding tert-OH is 1. The van der Waals surface area contributed by atoms with Gasteiger partial charge in [-0.1, -0.05) is 30.0 Å². The molecular formula is C31H32N2O6. The van der Waals surface area contributed by atoms with Gasteiger partial charge in [0.05, 0.1) is 34.0 Å². The largest absolute Gasteiger partial charge is 0.493 e. The zero-order valence-corrected chi connectivity index (χ0v) is 22.5. The summed E-state index contributed by atoms with van der Waals surface area (Å²) in [7, 11) is 6.22. The number of aliphatic hydroxyl groups is 1. The molecule has 0 aliphatic rings. The Hall–Kier alpha value is -4.45. The molecule has 1 heterocycles. The molecule has 3 aromatic carbocycles. The smallest absolute Gasteiger partial charge is 0.251 e. The van der Waals surface area contributed by atoms with Crippen molar-refractivity contribution < 1.29 is 28.8 Å². The zero-order valence-electron chi connectivity index (χ0n) is 22.5. The number of H-pyrrole nitrogens is 1. The van der Waals surface area contributed by atoms with E-state index in [0.29, 0.717) is 34.8 Å². The minimum atomic E-state index is -0.482. The highest BCUT2D eigenvalue weighted by Gasteiger charge is 2.19. The summed E-state index contributed by atoms with van der Waals surface area (Å²) in [6.45, 7) is 0.0471. The summed E-state index contributed by atoms with van der Waals surface area (Å²) >= 11 is 0. The Labute approximate surface area is 227 Å². The molecule has 1 atom stereocenters. The van der Waals surface area contributed by atoms with Crippen LogP contribution in [0.3, 0.4) is 0 Å². The third kappa shape index (κ3) is 6.34. The Morgan fingerprint density at radius 3 is 2.36 bits per heavy atom. The summed E-state index contributed by atoms with van der Waals surface area (Å²) in [5.41, 5.74) is 4.56. The molecule has 0 saturated heterocycles. The summed E-state index contributed by atoms with van der Waals surface area (Å²) in [5, 5.41) is 14.1. The highest BCUT2D eigenvalue weighted by molar-refractivity contribution is 5.96. The minimum absolute atomic E-state index is 0.210. The standard InChI is InChI=1S/C31H32N2O6/c1-36-11-7-8-20-12-21(22-16-28(37-2)30(39-4)29(17-22)38-3)14-23(13-20)31(35)33-25(19-34)15-24-18-32-27-10-6-5-9-26(24)27/h5-6,9-10,12-14,16-18,25,32,34H,11,15,19H2,1-4H3,(H,33,35)/t25-/m1/s1. The van der Waals surface area contributed by atoms with Crippen LogP contribution in [0.1, 0.15) is 21.5 Å². The number of benzene rings is 3. The van der Waals surface area contributed by atoms with Gasteiger partial charge < -0.3 is 34.4 Å². The van der Waals surface area contributed by atoms with E-state index in [1.54, 1.807) is 40.6 Å². The number of hydrogen-bond donors (Lipinski definition) is 3. The Balaban J connectivity index is 1.68. The zero-order chi connectivity index (χ0) is 27.8. The Kier molecular flexibility index (Phi) is 9.10. The molecule has 39 heavy (non-hydrogen) atoms. The van der Waals surface area contributed by atoms with Gasteiger partial charge in [-0.05, 0) is 59.5 Å². The van der Waals surface area contributed by atoms with Crippen LogP contribution in [0.5, 0.6) is 17.2 Å². The van der Waals surface area contributed by atoms with E-state index in [1.807, 2.05) is 48.7 Å². The quantitative estimate of drug-likeness (QED) is 0.267. The second-order valence-corrected chi connectivity index (χ2v) is 8.86. The molecular weight excluding hydrogens is 496 g/mol. The first-order valence-corrected chi connectivity index (χ1v) is 12.4. The first-order valence-electron chi connectivity index (χ1n) is 12.4. The maximum Gasteiger partial charge on any atom is 0.251 e. The molecule has 0 fully saturated rings. The fourth-order valence-corrected chi connectivity index (χ4v) is 4.45. The average Bonchev–Trinajstić information content (AvgIpc) is 3.38. The predicted molar refractivity (Wildman–Crippen MR) is 151 cm³/mol. The molecule has 1 amide bonds. The third-order valence-electron chi connectivity index (χ3n) is 6.34. The van der Waals surface area contributed by atoms with Crippen LogP contribution < -0.4 is 19.5 Å². The number of hydrogen-bond acceptors (Lipinski definition) is 6. The van der Waals surface area contributed by atoms with Crippen LogP contribution in [0.2, 0.25) is 0 Å². The number of carbonyl (C=O) groups excluding carboxylic acids is 1. The number of methoxy groups -OCH3 is 4. The van der Waals surface area contributed by atoms with Gasteiger partial charge in [-0.15, -0.1) is 0 Å². The molecule has 202 valence electrons. The second kappa shape index (κ2) is 12.9. The lowest BCUT2D eigenvalue weighted by molar-refractivity contribution is 0.0916. The highest BCUT2D eigenvalue weighted by Crippen LogP contribution is 2.41. The van der Waals surface area contributed by atoms with E-state index in [0.717, 1.165) is 27.6 Å². The van der Waals surface area contributed by atoms with Crippen LogP contribution in [-0.2, 0) is 11.2 Å². The molecule has 0 aliphatic carbocycles. The Morgan fingerprint density at radius 2 is 1.69 bits per heavy atom. The van der Waals surface area contributed by atoms with E-state index in [2.05, 4.69) is 22.1 Å². The molecule has 0 aliphatic heterocycles. The number of amides is 1. The molecule has 1 aromatic heterocycles. The van der Waals surface area contributed by atoms with Crippen molar-refractivity contribution in [2.75, 3.05) is 41.7 Å². The maximum absolute atomic E-state index is 13.4. The van der Waals surface area contributed by atoms with Crippen molar-refractivity contribution in [3.8, 4) is 40.2 Å². The molecule has 3 N–H and O–H groups in total. The van der Waals surface area contributed by atoms with Crippen LogP contribution in [0.4, 0.5) is 0 Å². The van der Waals surface area contributed by atoms with Crippen molar-refractivity contribution in [3.05, 3.63) is 77.5 Å². The molecule has 0 bridgehead atoms. The van der Waals surface area contributed by atoms with Gasteiger partial charge in [-0.25, -0.2) is 0 Å². The van der Waals surface area contributed by atoms with Gasteiger partial charge in [0.15, 0.2) is 11.5 Å². The number of fused-ring (bicyclic) bond motifs is 1. The van der Waals surface area contributed by atoms with Crippen LogP contribution >= 0.6 is 0 Å². The molecule has 4 rings (SSSR count). The molecule has 8 heteroatoms. The van der Waals surface area contributed by atoms with E-state index >= 15 is 0 Å². The Bertz CT molecular complexity index is 1490. The summed E-state index contributed by atoms with van der Waals surface area (Å²) in [4.78, 5) is 16.7. The second-order valence-electron chi connectivity index (χ2n) is 8.86. The molecule has 0 spiro atoms. The third-order valence-corrected chi connectivity index (χ3v) is 6.34. The van der Waals surface area contributed by atoms with Gasteiger partial charge in [0.2, 0.25) is 5.75 Å². The topological polar surface area (TPSA) is 102 Å². The van der Waals surface area contributed by atoms with E-state index < -0.39 is 6.04 Å². The Morgan fingerprint density at radius 1 is 0.974 bits per heavy atom. The van der Waals surface area contributed by atoms with Gasteiger partial charge in [0.25, 0.3) is 5.91 Å². The van der Waals surface area contributed by atoms with E-state index in [-0.39, 0.29) is 19.1 Å². The van der Waals surface area contributed by atoms with Crippen molar-refractivity contribution in [2.45, 2.75) is 12.5 Å². The number of ether oxygens (including phenoxy) is 4. The van der Waals surface area contributed by atoms with Crippen LogP contribution in [0, 0.1) is 11.8 Å². The maximum atomic E-state index is 13.4. The van der Waals surface area contributed by atoms with E-state index in [9.17, 15) is 9.90 Å². The fraction of sp³-hybridized carbons (Fsp3) is 0.258. The SMILES string of the molecule is COCC#Cc1cc(C(=O)N[C@@H](CO)Cc2c[nH]c3ccccc23)cc(-c2cc(OC)c(OC)c(OC)c2)c1. The lowest BCUT2D eigenvalue weighted by Gasteiger charge is -2.17. The van der Waals surface area contributed by atoms with Crippen LogP contribution in [0.25, 0.3) is 22.0 Å². The normalized spacial score (nSPS) is 11.4. The summed E-state index contributed by atoms with van der Waals surface area (Å²) < 4.78 is 21.5. The monoisotopic (exact) mass is 528 g/mol. The molecule has 0 saturated carbocycles. The molecule has 0 radical (unpaired) electrons. The number of para-hydroxylation sites is 1. The molecule has 0 unspecified atom stereocenters. The van der Waals surface area contributed by atoms with Gasteiger partial charge >= 0.3 is 0 Å². The molecule has 4 aromatic rings. The number of aromatic amines is 1. The lowest BCUT2D eigenvalue weighted by atomic mass is 9.98. The van der Waals surface area contributed by atoms with Crippen molar-refractivity contribution >= 4 is 16.8 Å². The van der Waals surface area contributed by atoms with Crippen molar-refractivity contribution in [1.82, 2.24) is 10.3 Å². The van der Waals surface area contributed by atoms with Gasteiger partial charge in [0, 0.05) is 35.3 Å². The van der Waals surface area contributed by atoms with Gasteiger partial charge in [0.1, 0.15) is 6.61 Å². The average molecular weight is 529 g/mol. The first kappa shape index (κ1) is 27.6. The number of nitrogens with one attached hydrogen (secondary N) is 2. The summed E-state index contributed by atoms with van der Waals surface area (Å²) in [5.74, 6) is 7.14. The van der Waals surface area contributed by atoms with Crippen molar-refractivity contribution in [2.24, 2.45) is 0 Å². The van der Waals surface area contributed by atoms with Crippen LogP contribution in [-0.4, -0.2) is 63.7 Å². The predicted octanol–water partition coefficient (Wildman–Crippen LogP) is 4.19. The van der Waals surface area contributed by atoms with Crippen molar-refractivity contribution in [3.63, 3.8) is 0 Å². The fourth-order valence-electron chi connectivity index (χ4n) is 4.45. The van der Waals surface area contributed by atoms with Crippen LogP contribution in [0.15, 0.2) is 60.8 Å². The number of rotatable bonds is 10. The van der Waals surface area contributed by atoms with Gasteiger partial charge in [-0.2, -0.15) is 0 Å². The molecule has 8 nitrogen and oxygen atoms in total. The lowest BCUT2D eigenvalue weighted by Crippen LogP contribution is -2.39. The number of aromatic nitrogens is 1. The number of carbonyl (C=O) groups is 1. The van der Waals surface area contributed by atoms with Gasteiger partial charge in [-0.3, -0.25) is 4.79 Å². The van der Waals surface area contributed by atoms with E-state index in [1.165, 1.54) is 0 Å². The van der Waals surface area contributed by atoms with Crippen molar-refractivity contribution in [1.29, 1.82) is 0 Å². The summed E-state index contributed by atoms with van der Waals surface area (Å²) in [6, 6.07) is 16.5. The first-order chi connectivity index (χ1) is 19.0. The summed E-state index contributed by atoms with van der Waals surface area (Å²) in [6.07, 6.45) is 2.38.